The van der Waals surface area contributed by atoms with Crippen molar-refractivity contribution in [2.24, 2.45) is 0 Å². The highest BCUT2D eigenvalue weighted by Gasteiger charge is 2.37. The highest BCUT2D eigenvalue weighted by atomic mass is 28.4. The maximum atomic E-state index is 5.54. The van der Waals surface area contributed by atoms with Crippen LogP contribution in [0.25, 0.3) is 0 Å². The summed E-state index contributed by atoms with van der Waals surface area (Å²) in [5.74, 6) is 0. The molecular formula is C24H53N3O3Si. The Morgan fingerprint density at radius 1 is 0.613 bits per heavy atom. The molecular weight excluding hydrogens is 406 g/mol. The third kappa shape index (κ3) is 12.7. The first-order chi connectivity index (χ1) is 15.1. The standard InChI is InChI=1S/C24H53N3O3Si/c1-6-8-10-12-15-25(16-13-11-9-7-2)18-21-27-22-19-26(20-23-27)17-14-24-31(28-3,29-4)30-5/h6-24H2,1-5H3. The van der Waals surface area contributed by atoms with Crippen molar-refractivity contribution in [2.45, 2.75) is 77.7 Å². The maximum absolute atomic E-state index is 5.54. The third-order valence-electron chi connectivity index (χ3n) is 6.74. The fourth-order valence-corrected chi connectivity index (χ4v) is 6.16. The minimum absolute atomic E-state index is 0.891. The molecule has 0 aromatic rings. The van der Waals surface area contributed by atoms with Gasteiger partial charge in [-0.15, -0.1) is 0 Å². The number of piperazine rings is 1. The lowest BCUT2D eigenvalue weighted by Crippen LogP contribution is -2.49. The van der Waals surface area contributed by atoms with Crippen LogP contribution in [0.1, 0.15) is 71.6 Å². The molecule has 0 amide bonds. The van der Waals surface area contributed by atoms with Crippen LogP contribution in [0.3, 0.4) is 0 Å². The summed E-state index contributed by atoms with van der Waals surface area (Å²) < 4.78 is 16.6. The van der Waals surface area contributed by atoms with Crippen LogP contribution in [-0.4, -0.2) is 104 Å². The number of unbranched alkanes of at least 4 members (excludes halogenated alkanes) is 6. The minimum Gasteiger partial charge on any atom is -0.377 e. The Labute approximate surface area is 194 Å². The van der Waals surface area contributed by atoms with Crippen molar-refractivity contribution in [3.8, 4) is 0 Å². The summed E-state index contributed by atoms with van der Waals surface area (Å²) in [6, 6.07) is 0.891. The lowest BCUT2D eigenvalue weighted by Gasteiger charge is -2.36. The summed E-state index contributed by atoms with van der Waals surface area (Å²) in [4.78, 5) is 7.99. The van der Waals surface area contributed by atoms with Gasteiger partial charge in [-0.1, -0.05) is 52.4 Å². The van der Waals surface area contributed by atoms with Gasteiger partial charge in [0, 0.05) is 66.6 Å². The second-order valence-electron chi connectivity index (χ2n) is 9.05. The molecule has 0 N–H and O–H groups in total. The molecule has 6 nitrogen and oxygen atoms in total. The zero-order chi connectivity index (χ0) is 22.8. The van der Waals surface area contributed by atoms with E-state index in [-0.39, 0.29) is 0 Å². The van der Waals surface area contributed by atoms with Crippen molar-refractivity contribution in [3.05, 3.63) is 0 Å². The predicted molar refractivity (Wildman–Crippen MR) is 134 cm³/mol. The zero-order valence-electron chi connectivity index (χ0n) is 21.5. The van der Waals surface area contributed by atoms with E-state index in [2.05, 4.69) is 28.5 Å². The summed E-state index contributed by atoms with van der Waals surface area (Å²) >= 11 is 0. The van der Waals surface area contributed by atoms with Crippen LogP contribution in [0.5, 0.6) is 0 Å². The van der Waals surface area contributed by atoms with E-state index >= 15 is 0 Å². The average molecular weight is 460 g/mol. The molecule has 0 bridgehead atoms. The molecule has 0 radical (unpaired) electrons. The van der Waals surface area contributed by atoms with Gasteiger partial charge in [0.05, 0.1) is 0 Å². The van der Waals surface area contributed by atoms with E-state index < -0.39 is 8.80 Å². The van der Waals surface area contributed by atoms with Gasteiger partial charge in [0.2, 0.25) is 0 Å². The van der Waals surface area contributed by atoms with Crippen LogP contribution < -0.4 is 0 Å². The summed E-state index contributed by atoms with van der Waals surface area (Å²) in [6.07, 6.45) is 12.0. The van der Waals surface area contributed by atoms with Crippen LogP contribution in [0.15, 0.2) is 0 Å². The van der Waals surface area contributed by atoms with E-state index in [1.165, 1.54) is 104 Å². The lowest BCUT2D eigenvalue weighted by molar-refractivity contribution is 0.108. The molecule has 0 atom stereocenters. The molecule has 0 spiro atoms. The van der Waals surface area contributed by atoms with Crippen LogP contribution >= 0.6 is 0 Å². The van der Waals surface area contributed by atoms with Gasteiger partial charge in [-0.3, -0.25) is 4.90 Å². The van der Waals surface area contributed by atoms with Gasteiger partial charge in [0.25, 0.3) is 0 Å². The van der Waals surface area contributed by atoms with Crippen molar-refractivity contribution in [1.82, 2.24) is 14.7 Å². The zero-order valence-corrected chi connectivity index (χ0v) is 22.5. The van der Waals surface area contributed by atoms with Crippen molar-refractivity contribution in [1.29, 1.82) is 0 Å². The van der Waals surface area contributed by atoms with E-state index in [0.29, 0.717) is 0 Å². The normalized spacial score (nSPS) is 16.5. The second kappa shape index (κ2) is 18.4. The molecule has 0 aliphatic carbocycles. The Kier molecular flexibility index (Phi) is 17.2. The summed E-state index contributed by atoms with van der Waals surface area (Å²) in [5.41, 5.74) is 0. The third-order valence-corrected chi connectivity index (χ3v) is 9.58. The molecule has 0 aromatic carbocycles. The van der Waals surface area contributed by atoms with Gasteiger partial charge in [-0.05, 0) is 38.9 Å². The first-order valence-corrected chi connectivity index (χ1v) is 14.9. The number of hydrogen-bond donors (Lipinski definition) is 0. The molecule has 1 aliphatic heterocycles. The lowest BCUT2D eigenvalue weighted by atomic mass is 10.1. The van der Waals surface area contributed by atoms with E-state index in [1.807, 2.05) is 0 Å². The number of nitrogens with zero attached hydrogens (tertiary/aromatic N) is 3. The molecule has 1 heterocycles. The monoisotopic (exact) mass is 459 g/mol. The quantitative estimate of drug-likeness (QED) is 0.199. The van der Waals surface area contributed by atoms with Crippen LogP contribution in [0, 0.1) is 0 Å². The van der Waals surface area contributed by atoms with Crippen molar-refractivity contribution >= 4 is 8.80 Å². The number of hydrogen-bond acceptors (Lipinski definition) is 6. The predicted octanol–water partition coefficient (Wildman–Crippen LogP) is 4.33. The molecule has 0 aromatic heterocycles. The van der Waals surface area contributed by atoms with Crippen LogP contribution in [0.4, 0.5) is 0 Å². The summed E-state index contributed by atoms with van der Waals surface area (Å²) in [6.45, 7) is 15.5. The van der Waals surface area contributed by atoms with Crippen LogP contribution in [-0.2, 0) is 13.3 Å². The largest absolute Gasteiger partial charge is 0.500 e. The number of rotatable bonds is 20. The van der Waals surface area contributed by atoms with Gasteiger partial charge in [0.1, 0.15) is 0 Å². The fourth-order valence-electron chi connectivity index (χ4n) is 4.45. The summed E-state index contributed by atoms with van der Waals surface area (Å²) in [5, 5.41) is 0. The SMILES string of the molecule is CCCCCCN(CCCCCC)CCN1CCN(CCC[Si](OC)(OC)OC)CC1. The van der Waals surface area contributed by atoms with E-state index in [0.717, 1.165) is 19.0 Å². The smallest absolute Gasteiger partial charge is 0.377 e. The summed E-state index contributed by atoms with van der Waals surface area (Å²) in [7, 11) is 2.69. The van der Waals surface area contributed by atoms with Gasteiger partial charge in [-0.2, -0.15) is 0 Å². The van der Waals surface area contributed by atoms with Crippen molar-refractivity contribution < 1.29 is 13.3 Å². The molecule has 186 valence electrons. The Hall–Kier alpha value is -0.0231. The molecule has 1 saturated heterocycles. The second-order valence-corrected chi connectivity index (χ2v) is 12.1. The van der Waals surface area contributed by atoms with Crippen molar-refractivity contribution in [3.63, 3.8) is 0 Å². The highest BCUT2D eigenvalue weighted by Crippen LogP contribution is 2.16. The minimum atomic E-state index is -2.42. The Balaban J connectivity index is 2.26. The van der Waals surface area contributed by atoms with Gasteiger partial charge in [-0.25, -0.2) is 0 Å². The molecule has 31 heavy (non-hydrogen) atoms. The molecule has 7 heteroatoms. The van der Waals surface area contributed by atoms with Gasteiger partial charge in [0.15, 0.2) is 0 Å². The van der Waals surface area contributed by atoms with E-state index in [4.69, 9.17) is 13.3 Å². The average Bonchev–Trinajstić information content (AvgIpc) is 2.81. The van der Waals surface area contributed by atoms with Crippen LogP contribution in [0.2, 0.25) is 6.04 Å². The Morgan fingerprint density at radius 3 is 1.55 bits per heavy atom. The highest BCUT2D eigenvalue weighted by molar-refractivity contribution is 6.60. The maximum Gasteiger partial charge on any atom is 0.500 e. The molecule has 1 fully saturated rings. The Bertz CT molecular complexity index is 385. The molecule has 0 saturated carbocycles. The molecule has 1 rings (SSSR count). The molecule has 0 unspecified atom stereocenters. The van der Waals surface area contributed by atoms with Gasteiger partial charge < -0.3 is 23.1 Å². The van der Waals surface area contributed by atoms with Crippen molar-refractivity contribution in [2.75, 3.05) is 80.2 Å². The fraction of sp³-hybridized carbons (Fsp3) is 1.00. The van der Waals surface area contributed by atoms with E-state index in [1.54, 1.807) is 21.3 Å². The molecule has 1 aliphatic rings. The van der Waals surface area contributed by atoms with E-state index in [9.17, 15) is 0 Å². The van der Waals surface area contributed by atoms with Gasteiger partial charge >= 0.3 is 8.80 Å². The Morgan fingerprint density at radius 2 is 1.10 bits per heavy atom. The first kappa shape index (κ1) is 29.0. The topological polar surface area (TPSA) is 37.4 Å². The first-order valence-electron chi connectivity index (χ1n) is 13.0.